The van der Waals surface area contributed by atoms with Crippen molar-refractivity contribution in [2.45, 2.75) is 25.3 Å². The van der Waals surface area contributed by atoms with Crippen molar-refractivity contribution in [1.29, 1.82) is 0 Å². The summed E-state index contributed by atoms with van der Waals surface area (Å²) in [5, 5.41) is 3.31. The van der Waals surface area contributed by atoms with Gasteiger partial charge in [-0.1, -0.05) is 6.42 Å². The summed E-state index contributed by atoms with van der Waals surface area (Å²) >= 11 is 0. The number of carbonyl (C=O) groups is 1. The molecule has 2 heterocycles. The van der Waals surface area contributed by atoms with Crippen LogP contribution >= 0.6 is 0 Å². The average Bonchev–Trinajstić information content (AvgIpc) is 3.25. The van der Waals surface area contributed by atoms with Crippen molar-refractivity contribution in [1.82, 2.24) is 10.2 Å². The van der Waals surface area contributed by atoms with Gasteiger partial charge in [-0.05, 0) is 56.3 Å². The summed E-state index contributed by atoms with van der Waals surface area (Å²) in [6.45, 7) is 3.07. The van der Waals surface area contributed by atoms with E-state index < -0.39 is 0 Å². The molecule has 0 bridgehead atoms. The molecule has 1 unspecified atom stereocenters. The number of hydrogen-bond acceptors (Lipinski definition) is 6. The first-order chi connectivity index (χ1) is 13.2. The lowest BCUT2D eigenvalue weighted by Gasteiger charge is -2.33. The highest BCUT2D eigenvalue weighted by Gasteiger charge is 2.24. The zero-order valence-corrected chi connectivity index (χ0v) is 16.1. The van der Waals surface area contributed by atoms with Gasteiger partial charge in [0.1, 0.15) is 5.76 Å². The third kappa shape index (κ3) is 4.90. The molecule has 1 aliphatic rings. The number of Topliss-reactive ketones (excluding diaryl/α,β-unsaturated/α-hetero) is 1. The molecule has 1 fully saturated rings. The number of rotatable bonds is 9. The zero-order chi connectivity index (χ0) is 19.1. The molecule has 3 rings (SSSR count). The van der Waals surface area contributed by atoms with E-state index in [9.17, 15) is 4.79 Å². The van der Waals surface area contributed by atoms with Crippen LogP contribution in [0.3, 0.4) is 0 Å². The molecular weight excluding hydrogens is 344 g/mol. The normalized spacial score (nSPS) is 16.1. The third-order valence-electron chi connectivity index (χ3n) is 5.03. The fraction of sp³-hybridized carbons (Fsp3) is 0.476. The number of furan rings is 1. The fourth-order valence-electron chi connectivity index (χ4n) is 3.55. The lowest BCUT2D eigenvalue weighted by molar-refractivity contribution is 0.0979. The number of ether oxygens (including phenoxy) is 2. The molecule has 0 aliphatic carbocycles. The van der Waals surface area contributed by atoms with Crippen LogP contribution < -0.4 is 14.8 Å². The first-order valence-electron chi connectivity index (χ1n) is 9.46. The number of benzene rings is 1. The van der Waals surface area contributed by atoms with E-state index in [-0.39, 0.29) is 18.4 Å². The van der Waals surface area contributed by atoms with E-state index in [1.165, 1.54) is 19.3 Å². The molecule has 6 heteroatoms. The van der Waals surface area contributed by atoms with Crippen LogP contribution in [-0.4, -0.2) is 51.1 Å². The molecule has 1 N–H and O–H groups in total. The van der Waals surface area contributed by atoms with Gasteiger partial charge in [0.05, 0.1) is 33.1 Å². The van der Waals surface area contributed by atoms with Gasteiger partial charge in [0, 0.05) is 12.1 Å². The number of nitrogens with one attached hydrogen (secondary N) is 1. The van der Waals surface area contributed by atoms with Crippen LogP contribution in [0.4, 0.5) is 0 Å². The van der Waals surface area contributed by atoms with E-state index >= 15 is 0 Å². The van der Waals surface area contributed by atoms with E-state index in [4.69, 9.17) is 13.9 Å². The van der Waals surface area contributed by atoms with Crippen LogP contribution in [0.25, 0.3) is 0 Å². The Morgan fingerprint density at radius 1 is 1.15 bits per heavy atom. The minimum atomic E-state index is 0.0211. The molecule has 1 aromatic heterocycles. The van der Waals surface area contributed by atoms with Crippen LogP contribution in [-0.2, 0) is 0 Å². The average molecular weight is 372 g/mol. The number of likely N-dealkylation sites (tertiary alicyclic amines) is 1. The van der Waals surface area contributed by atoms with E-state index in [1.807, 2.05) is 12.1 Å². The van der Waals surface area contributed by atoms with Gasteiger partial charge in [-0.2, -0.15) is 0 Å². The number of piperidine rings is 1. The van der Waals surface area contributed by atoms with Crippen molar-refractivity contribution in [3.05, 3.63) is 47.9 Å². The van der Waals surface area contributed by atoms with E-state index in [2.05, 4.69) is 10.2 Å². The van der Waals surface area contributed by atoms with Crippen LogP contribution in [0.15, 0.2) is 41.0 Å². The van der Waals surface area contributed by atoms with Gasteiger partial charge < -0.3 is 19.2 Å². The Morgan fingerprint density at radius 3 is 2.59 bits per heavy atom. The Morgan fingerprint density at radius 2 is 1.93 bits per heavy atom. The Bertz CT molecular complexity index is 724. The second-order valence-electron chi connectivity index (χ2n) is 6.75. The van der Waals surface area contributed by atoms with Crippen molar-refractivity contribution >= 4 is 5.78 Å². The first-order valence-corrected chi connectivity index (χ1v) is 9.46. The lowest BCUT2D eigenvalue weighted by Crippen LogP contribution is -2.40. The molecular formula is C21H28N2O4. The van der Waals surface area contributed by atoms with E-state index in [0.29, 0.717) is 23.6 Å². The van der Waals surface area contributed by atoms with Crippen LogP contribution in [0.1, 0.15) is 41.4 Å². The summed E-state index contributed by atoms with van der Waals surface area (Å²) in [6.07, 6.45) is 5.41. The van der Waals surface area contributed by atoms with Crippen LogP contribution in [0.2, 0.25) is 0 Å². The number of ketones is 1. The first kappa shape index (κ1) is 19.5. The summed E-state index contributed by atoms with van der Waals surface area (Å²) in [4.78, 5) is 15.0. The van der Waals surface area contributed by atoms with E-state index in [1.54, 1.807) is 38.7 Å². The smallest absolute Gasteiger partial charge is 0.176 e. The Kier molecular flexibility index (Phi) is 6.90. The molecule has 1 saturated heterocycles. The van der Waals surface area contributed by atoms with Gasteiger partial charge in [0.15, 0.2) is 17.3 Å². The summed E-state index contributed by atoms with van der Waals surface area (Å²) in [7, 11) is 3.15. The quantitative estimate of drug-likeness (QED) is 0.682. The van der Waals surface area contributed by atoms with Crippen molar-refractivity contribution in [2.75, 3.05) is 40.4 Å². The molecule has 27 heavy (non-hydrogen) atoms. The van der Waals surface area contributed by atoms with Gasteiger partial charge in [-0.15, -0.1) is 0 Å². The minimum Gasteiger partial charge on any atom is -0.493 e. The number of hydrogen-bond donors (Lipinski definition) is 1. The molecule has 0 amide bonds. The second kappa shape index (κ2) is 9.58. The summed E-state index contributed by atoms with van der Waals surface area (Å²) in [5.74, 6) is 2.14. The topological polar surface area (TPSA) is 63.9 Å². The largest absolute Gasteiger partial charge is 0.493 e. The van der Waals surface area contributed by atoms with Crippen LogP contribution in [0, 0.1) is 0 Å². The number of methoxy groups -OCH3 is 2. The maximum Gasteiger partial charge on any atom is 0.176 e. The van der Waals surface area contributed by atoms with Gasteiger partial charge in [0.25, 0.3) is 0 Å². The fourth-order valence-corrected chi connectivity index (χ4v) is 3.55. The summed E-state index contributed by atoms with van der Waals surface area (Å²) < 4.78 is 16.2. The molecule has 2 aromatic rings. The van der Waals surface area contributed by atoms with Crippen molar-refractivity contribution in [2.24, 2.45) is 0 Å². The Hall–Kier alpha value is -2.31. The molecule has 1 atom stereocenters. The number of carbonyl (C=O) groups excluding carboxylic acids is 1. The summed E-state index contributed by atoms with van der Waals surface area (Å²) in [5.41, 5.74) is 0.604. The summed E-state index contributed by atoms with van der Waals surface area (Å²) in [6, 6.07) is 9.32. The maximum absolute atomic E-state index is 12.6. The van der Waals surface area contributed by atoms with Gasteiger partial charge in [0.2, 0.25) is 0 Å². The van der Waals surface area contributed by atoms with Crippen molar-refractivity contribution in [3.8, 4) is 11.5 Å². The van der Waals surface area contributed by atoms with Crippen molar-refractivity contribution < 1.29 is 18.7 Å². The van der Waals surface area contributed by atoms with Gasteiger partial charge >= 0.3 is 0 Å². The zero-order valence-electron chi connectivity index (χ0n) is 16.1. The highest BCUT2D eigenvalue weighted by Crippen LogP contribution is 2.28. The molecule has 0 spiro atoms. The molecule has 0 saturated carbocycles. The third-order valence-corrected chi connectivity index (χ3v) is 5.03. The second-order valence-corrected chi connectivity index (χ2v) is 6.75. The molecule has 0 radical (unpaired) electrons. The molecule has 146 valence electrons. The van der Waals surface area contributed by atoms with Crippen LogP contribution in [0.5, 0.6) is 11.5 Å². The van der Waals surface area contributed by atoms with Crippen molar-refractivity contribution in [3.63, 3.8) is 0 Å². The SMILES string of the molecule is COc1ccc(C(=O)CNCC(c2ccco2)N2CCCCC2)cc1OC. The van der Waals surface area contributed by atoms with Gasteiger partial charge in [-0.3, -0.25) is 9.69 Å². The Balaban J connectivity index is 1.60. The standard InChI is InChI=1S/C21H28N2O4/c1-25-20-9-8-16(13-21(20)26-2)18(24)15-22-14-17(19-7-6-12-27-19)23-10-4-3-5-11-23/h6-9,12-13,17,22H,3-5,10-11,14-15H2,1-2H3. The number of nitrogens with zero attached hydrogens (tertiary/aromatic N) is 1. The predicted octanol–water partition coefficient (Wildman–Crippen LogP) is 3.30. The molecule has 6 nitrogen and oxygen atoms in total. The maximum atomic E-state index is 12.6. The molecule has 1 aliphatic heterocycles. The monoisotopic (exact) mass is 372 g/mol. The van der Waals surface area contributed by atoms with E-state index in [0.717, 1.165) is 18.8 Å². The lowest BCUT2D eigenvalue weighted by atomic mass is 10.1. The minimum absolute atomic E-state index is 0.0211. The highest BCUT2D eigenvalue weighted by atomic mass is 16.5. The Labute approximate surface area is 160 Å². The predicted molar refractivity (Wildman–Crippen MR) is 104 cm³/mol. The van der Waals surface area contributed by atoms with Gasteiger partial charge in [-0.25, -0.2) is 0 Å². The highest BCUT2D eigenvalue weighted by molar-refractivity contribution is 5.98. The molecule has 1 aromatic carbocycles.